The molecule has 1 atom stereocenters. The summed E-state index contributed by atoms with van der Waals surface area (Å²) in [5.41, 5.74) is 2.90. The van der Waals surface area contributed by atoms with Crippen molar-refractivity contribution in [3.8, 4) is 0 Å². The molecule has 14 heavy (non-hydrogen) atoms. The van der Waals surface area contributed by atoms with E-state index < -0.39 is 0 Å². The van der Waals surface area contributed by atoms with E-state index in [1.165, 1.54) is 17.7 Å². The average molecular weight is 209 g/mol. The Hall–Kier alpha value is -0.730. The number of benzene rings is 1. The number of rotatable bonds is 0. The first-order valence-corrected chi connectivity index (χ1v) is 5.43. The van der Waals surface area contributed by atoms with E-state index in [1.807, 2.05) is 12.1 Å². The van der Waals surface area contributed by atoms with Crippen molar-refractivity contribution in [1.82, 2.24) is 5.32 Å². The summed E-state index contributed by atoms with van der Waals surface area (Å²) in [4.78, 5) is 0. The molecule has 2 aliphatic heterocycles. The molecule has 1 aromatic rings. The first-order valence-electron chi connectivity index (χ1n) is 5.05. The van der Waals surface area contributed by atoms with E-state index in [1.54, 1.807) is 0 Å². The number of hydrogen-bond acceptors (Lipinski definition) is 2. The fourth-order valence-corrected chi connectivity index (χ4v) is 2.69. The minimum Gasteiger partial charge on any atom is -0.378 e. The number of fused-ring (bicyclic) bond motifs is 1. The molecule has 2 aliphatic rings. The van der Waals surface area contributed by atoms with Gasteiger partial charge in [-0.05, 0) is 37.1 Å². The summed E-state index contributed by atoms with van der Waals surface area (Å²) < 4.78 is 0. The van der Waals surface area contributed by atoms with Crippen molar-refractivity contribution < 1.29 is 0 Å². The van der Waals surface area contributed by atoms with Gasteiger partial charge < -0.3 is 10.6 Å². The highest BCUT2D eigenvalue weighted by Gasteiger charge is 2.38. The normalized spacial score (nSPS) is 29.2. The van der Waals surface area contributed by atoms with Crippen molar-refractivity contribution in [2.45, 2.75) is 18.4 Å². The number of halogens is 1. The Morgan fingerprint density at radius 3 is 3.07 bits per heavy atom. The summed E-state index contributed by atoms with van der Waals surface area (Å²) in [6.45, 7) is 2.19. The summed E-state index contributed by atoms with van der Waals surface area (Å²) in [6.07, 6.45) is 2.34. The molecular weight excluding hydrogens is 196 g/mol. The Balaban J connectivity index is 1.96. The molecule has 1 fully saturated rings. The minimum absolute atomic E-state index is 0.271. The summed E-state index contributed by atoms with van der Waals surface area (Å²) in [5.74, 6) is 0. The maximum Gasteiger partial charge on any atom is 0.0551 e. The van der Waals surface area contributed by atoms with E-state index in [0.717, 1.165) is 24.5 Å². The van der Waals surface area contributed by atoms with E-state index in [2.05, 4.69) is 16.7 Å². The van der Waals surface area contributed by atoms with Gasteiger partial charge in [0.2, 0.25) is 0 Å². The molecule has 2 nitrogen and oxygen atoms in total. The molecule has 1 aromatic carbocycles. The van der Waals surface area contributed by atoms with E-state index in [-0.39, 0.29) is 5.54 Å². The van der Waals surface area contributed by atoms with E-state index in [9.17, 15) is 0 Å². The molecule has 0 bridgehead atoms. The maximum absolute atomic E-state index is 5.96. The zero-order chi connectivity index (χ0) is 9.60. The molecule has 2 N–H and O–H groups in total. The van der Waals surface area contributed by atoms with Crippen molar-refractivity contribution >= 4 is 17.3 Å². The lowest BCUT2D eigenvalue weighted by molar-refractivity contribution is 0.533. The molecule has 2 heterocycles. The second kappa shape index (κ2) is 2.88. The van der Waals surface area contributed by atoms with Gasteiger partial charge in [0.15, 0.2) is 0 Å². The van der Waals surface area contributed by atoms with E-state index in [0.29, 0.717) is 0 Å². The highest BCUT2D eigenvalue weighted by atomic mass is 35.5. The summed E-state index contributed by atoms with van der Waals surface area (Å²) in [5, 5.41) is 7.83. The lowest BCUT2D eigenvalue weighted by Crippen LogP contribution is -2.38. The zero-order valence-electron chi connectivity index (χ0n) is 7.94. The second-order valence-corrected chi connectivity index (χ2v) is 4.75. The van der Waals surface area contributed by atoms with Crippen LogP contribution in [-0.2, 0) is 6.42 Å². The Morgan fingerprint density at radius 1 is 1.36 bits per heavy atom. The summed E-state index contributed by atoms with van der Waals surface area (Å²) in [6, 6.07) is 6.14. The SMILES string of the molecule is Clc1ccc2c(c1)NC1(CCNC1)C2. The lowest BCUT2D eigenvalue weighted by atomic mass is 9.95. The second-order valence-electron chi connectivity index (χ2n) is 4.31. The molecule has 0 amide bonds. The van der Waals surface area contributed by atoms with Crippen molar-refractivity contribution in [2.75, 3.05) is 18.4 Å². The molecule has 1 saturated heterocycles. The molecule has 74 valence electrons. The van der Waals surface area contributed by atoms with Gasteiger partial charge in [-0.2, -0.15) is 0 Å². The van der Waals surface area contributed by atoms with Crippen LogP contribution in [0.3, 0.4) is 0 Å². The van der Waals surface area contributed by atoms with Crippen LogP contribution in [0, 0.1) is 0 Å². The van der Waals surface area contributed by atoms with Gasteiger partial charge in [0.05, 0.1) is 5.54 Å². The smallest absolute Gasteiger partial charge is 0.0551 e. The standard InChI is InChI=1S/C11H13ClN2/c12-9-2-1-8-6-11(3-4-13-7-11)14-10(8)5-9/h1-2,5,13-14H,3-4,6-7H2. The van der Waals surface area contributed by atoms with Crippen LogP contribution in [0.4, 0.5) is 5.69 Å². The van der Waals surface area contributed by atoms with Gasteiger partial charge in [-0.25, -0.2) is 0 Å². The van der Waals surface area contributed by atoms with Gasteiger partial charge in [0, 0.05) is 17.3 Å². The van der Waals surface area contributed by atoms with Crippen LogP contribution in [0.25, 0.3) is 0 Å². The minimum atomic E-state index is 0.271. The van der Waals surface area contributed by atoms with Crippen LogP contribution in [0.5, 0.6) is 0 Å². The molecule has 0 radical (unpaired) electrons. The zero-order valence-corrected chi connectivity index (χ0v) is 8.69. The summed E-state index contributed by atoms with van der Waals surface area (Å²) in [7, 11) is 0. The van der Waals surface area contributed by atoms with Gasteiger partial charge in [-0.1, -0.05) is 17.7 Å². The van der Waals surface area contributed by atoms with Crippen LogP contribution in [0.15, 0.2) is 18.2 Å². The van der Waals surface area contributed by atoms with Crippen LogP contribution >= 0.6 is 11.6 Å². The molecule has 3 rings (SSSR count). The number of anilines is 1. The quantitative estimate of drug-likeness (QED) is 0.682. The molecule has 0 aromatic heterocycles. The predicted octanol–water partition coefficient (Wildman–Crippen LogP) is 2.04. The number of hydrogen-bond donors (Lipinski definition) is 2. The number of nitrogens with one attached hydrogen (secondary N) is 2. The van der Waals surface area contributed by atoms with Gasteiger partial charge in [0.25, 0.3) is 0 Å². The first kappa shape index (κ1) is 8.57. The topological polar surface area (TPSA) is 24.1 Å². The third-order valence-electron chi connectivity index (χ3n) is 3.24. The monoisotopic (exact) mass is 208 g/mol. The van der Waals surface area contributed by atoms with Crippen LogP contribution in [0.1, 0.15) is 12.0 Å². The molecule has 3 heteroatoms. The van der Waals surface area contributed by atoms with Gasteiger partial charge >= 0.3 is 0 Å². The first-order chi connectivity index (χ1) is 6.77. The van der Waals surface area contributed by atoms with Crippen molar-refractivity contribution in [2.24, 2.45) is 0 Å². The Kier molecular flexibility index (Phi) is 1.76. The van der Waals surface area contributed by atoms with Crippen LogP contribution < -0.4 is 10.6 Å². The molecule has 1 spiro atoms. The van der Waals surface area contributed by atoms with Crippen molar-refractivity contribution in [3.63, 3.8) is 0 Å². The average Bonchev–Trinajstić information content (AvgIpc) is 2.72. The lowest BCUT2D eigenvalue weighted by Gasteiger charge is -2.22. The van der Waals surface area contributed by atoms with E-state index >= 15 is 0 Å². The van der Waals surface area contributed by atoms with Gasteiger partial charge in [0.1, 0.15) is 0 Å². The highest BCUT2D eigenvalue weighted by molar-refractivity contribution is 6.30. The van der Waals surface area contributed by atoms with E-state index in [4.69, 9.17) is 11.6 Å². The van der Waals surface area contributed by atoms with Gasteiger partial charge in [-0.3, -0.25) is 0 Å². The highest BCUT2D eigenvalue weighted by Crippen LogP contribution is 2.37. The largest absolute Gasteiger partial charge is 0.378 e. The fraction of sp³-hybridized carbons (Fsp3) is 0.455. The molecule has 0 aliphatic carbocycles. The third kappa shape index (κ3) is 1.22. The Labute approximate surface area is 88.6 Å². The summed E-state index contributed by atoms with van der Waals surface area (Å²) >= 11 is 5.96. The maximum atomic E-state index is 5.96. The molecule has 0 saturated carbocycles. The van der Waals surface area contributed by atoms with Gasteiger partial charge in [-0.15, -0.1) is 0 Å². The van der Waals surface area contributed by atoms with Crippen molar-refractivity contribution in [1.29, 1.82) is 0 Å². The Morgan fingerprint density at radius 2 is 2.29 bits per heavy atom. The molecular formula is C11H13ClN2. The van der Waals surface area contributed by atoms with Crippen LogP contribution in [-0.4, -0.2) is 18.6 Å². The predicted molar refractivity (Wildman–Crippen MR) is 59.0 cm³/mol. The Bertz CT molecular complexity index is 370. The molecule has 1 unspecified atom stereocenters. The fourth-order valence-electron chi connectivity index (χ4n) is 2.51. The van der Waals surface area contributed by atoms with Crippen molar-refractivity contribution in [3.05, 3.63) is 28.8 Å². The third-order valence-corrected chi connectivity index (χ3v) is 3.48. The van der Waals surface area contributed by atoms with Crippen LogP contribution in [0.2, 0.25) is 5.02 Å².